The Morgan fingerprint density at radius 2 is 0.966 bits per heavy atom. The fourth-order valence-corrected chi connectivity index (χ4v) is 6.20. The van der Waals surface area contributed by atoms with Crippen LogP contribution in [-0.4, -0.2) is 0 Å². The zero-order valence-electron chi connectivity index (χ0n) is 15.8. The van der Waals surface area contributed by atoms with Crippen molar-refractivity contribution in [1.82, 2.24) is 0 Å². The highest BCUT2D eigenvalue weighted by Crippen LogP contribution is 2.58. The summed E-state index contributed by atoms with van der Waals surface area (Å²) in [5.74, 6) is 0. The Morgan fingerprint density at radius 3 is 1.45 bits per heavy atom. The molecule has 0 fully saturated rings. The zero-order chi connectivity index (χ0) is 19.6. The lowest BCUT2D eigenvalue weighted by Crippen LogP contribution is -2.29. The third-order valence-corrected chi connectivity index (χ3v) is 7.55. The van der Waals surface area contributed by atoms with Gasteiger partial charge in [0.15, 0.2) is 0 Å². The van der Waals surface area contributed by atoms with E-state index < -0.39 is 0 Å². The fourth-order valence-electron chi connectivity index (χ4n) is 5.48. The number of aryl methyl sites for hydroxylation is 2. The molecule has 0 aliphatic heterocycles. The molecule has 0 saturated heterocycles. The number of rotatable bonds is 0. The van der Waals surface area contributed by atoms with E-state index >= 15 is 0 Å². The van der Waals surface area contributed by atoms with Gasteiger partial charge in [0, 0.05) is 8.95 Å². The molecule has 0 nitrogen and oxygen atoms in total. The number of benzene rings is 4. The van der Waals surface area contributed by atoms with Gasteiger partial charge in [-0.2, -0.15) is 0 Å². The SMILES string of the molecule is Brc1ccc2c(c1)-c1cc(Br)ccc1C21c2ccccc2CCc2ccccc21. The van der Waals surface area contributed by atoms with Gasteiger partial charge in [0.1, 0.15) is 0 Å². The van der Waals surface area contributed by atoms with Crippen LogP contribution in [0.5, 0.6) is 0 Å². The number of hydrogen-bond acceptors (Lipinski definition) is 0. The first-order valence-electron chi connectivity index (χ1n) is 9.97. The van der Waals surface area contributed by atoms with Crippen LogP contribution < -0.4 is 0 Å². The molecule has 0 amide bonds. The van der Waals surface area contributed by atoms with Gasteiger partial charge in [0.05, 0.1) is 5.41 Å². The molecule has 0 saturated carbocycles. The van der Waals surface area contributed by atoms with Crippen molar-refractivity contribution < 1.29 is 0 Å². The molecule has 0 atom stereocenters. The van der Waals surface area contributed by atoms with E-state index in [4.69, 9.17) is 0 Å². The predicted octanol–water partition coefficient (Wildman–Crippen LogP) is 7.67. The number of halogens is 2. The molecule has 0 N–H and O–H groups in total. The van der Waals surface area contributed by atoms with Gasteiger partial charge >= 0.3 is 0 Å². The first-order chi connectivity index (χ1) is 14.2. The van der Waals surface area contributed by atoms with Crippen molar-refractivity contribution >= 4 is 31.9 Å². The van der Waals surface area contributed by atoms with Gasteiger partial charge in [-0.3, -0.25) is 0 Å². The molecule has 0 bridgehead atoms. The second-order valence-electron chi connectivity index (χ2n) is 7.94. The van der Waals surface area contributed by atoms with Crippen LogP contribution in [0.2, 0.25) is 0 Å². The average molecular weight is 502 g/mol. The van der Waals surface area contributed by atoms with Crippen LogP contribution in [0.4, 0.5) is 0 Å². The van der Waals surface area contributed by atoms with E-state index in [0.29, 0.717) is 0 Å². The molecule has 2 heteroatoms. The van der Waals surface area contributed by atoms with Crippen molar-refractivity contribution in [3.05, 3.63) is 127 Å². The summed E-state index contributed by atoms with van der Waals surface area (Å²) >= 11 is 7.43. The Hall–Kier alpha value is -2.16. The monoisotopic (exact) mass is 500 g/mol. The quantitative estimate of drug-likeness (QED) is 0.204. The minimum atomic E-state index is -0.268. The average Bonchev–Trinajstić information content (AvgIpc) is 2.92. The van der Waals surface area contributed by atoms with Crippen molar-refractivity contribution in [2.45, 2.75) is 18.3 Å². The summed E-state index contributed by atoms with van der Waals surface area (Å²) in [5.41, 5.74) is 10.9. The topological polar surface area (TPSA) is 0 Å². The van der Waals surface area contributed by atoms with Crippen molar-refractivity contribution in [3.63, 3.8) is 0 Å². The van der Waals surface area contributed by atoms with E-state index in [1.165, 1.54) is 44.5 Å². The normalized spacial score (nSPS) is 15.2. The molecule has 1 spiro atoms. The van der Waals surface area contributed by atoms with E-state index in [-0.39, 0.29) is 5.41 Å². The van der Waals surface area contributed by atoms with Crippen LogP contribution in [0.3, 0.4) is 0 Å². The van der Waals surface area contributed by atoms with Crippen molar-refractivity contribution in [3.8, 4) is 11.1 Å². The zero-order valence-corrected chi connectivity index (χ0v) is 18.9. The molecule has 0 heterocycles. The Balaban J connectivity index is 1.86. The molecule has 4 aromatic carbocycles. The Kier molecular flexibility index (Phi) is 3.91. The second kappa shape index (κ2) is 6.42. The molecule has 2 aliphatic carbocycles. The molecule has 2 aliphatic rings. The maximum atomic E-state index is 3.71. The highest BCUT2D eigenvalue weighted by Gasteiger charge is 2.48. The second-order valence-corrected chi connectivity index (χ2v) is 9.78. The summed E-state index contributed by atoms with van der Waals surface area (Å²) in [4.78, 5) is 0. The first-order valence-corrected chi connectivity index (χ1v) is 11.6. The van der Waals surface area contributed by atoms with Crippen molar-refractivity contribution in [1.29, 1.82) is 0 Å². The van der Waals surface area contributed by atoms with E-state index in [1.54, 1.807) is 0 Å². The number of hydrogen-bond donors (Lipinski definition) is 0. The van der Waals surface area contributed by atoms with Gasteiger partial charge in [-0.15, -0.1) is 0 Å². The van der Waals surface area contributed by atoms with E-state index in [1.807, 2.05) is 0 Å². The molecule has 4 aromatic rings. The Bertz CT molecular complexity index is 1180. The van der Waals surface area contributed by atoms with E-state index in [2.05, 4.69) is 117 Å². The molecule has 0 radical (unpaired) electrons. The molecule has 6 rings (SSSR count). The summed E-state index contributed by atoms with van der Waals surface area (Å²) in [6.45, 7) is 0. The third kappa shape index (κ3) is 2.36. The van der Waals surface area contributed by atoms with Crippen molar-refractivity contribution in [2.24, 2.45) is 0 Å². The maximum absolute atomic E-state index is 3.71. The highest BCUT2D eigenvalue weighted by molar-refractivity contribution is 9.10. The summed E-state index contributed by atoms with van der Waals surface area (Å²) in [7, 11) is 0. The third-order valence-electron chi connectivity index (χ3n) is 6.57. The van der Waals surface area contributed by atoms with Crippen LogP contribution >= 0.6 is 31.9 Å². The molecular formula is C27H18Br2. The largest absolute Gasteiger partial charge is 0.0718 e. The predicted molar refractivity (Wildman–Crippen MR) is 127 cm³/mol. The summed E-state index contributed by atoms with van der Waals surface area (Å²) < 4.78 is 2.24. The van der Waals surface area contributed by atoms with Gasteiger partial charge < -0.3 is 0 Å². The lowest BCUT2D eigenvalue weighted by molar-refractivity contribution is 0.762. The lowest BCUT2D eigenvalue weighted by atomic mass is 9.66. The van der Waals surface area contributed by atoms with Crippen LogP contribution in [0.15, 0.2) is 93.9 Å². The van der Waals surface area contributed by atoms with Crippen LogP contribution in [0, 0.1) is 0 Å². The fraction of sp³-hybridized carbons (Fsp3) is 0.111. The van der Waals surface area contributed by atoms with Crippen LogP contribution in [-0.2, 0) is 18.3 Å². The molecule has 140 valence electrons. The van der Waals surface area contributed by atoms with Gasteiger partial charge in [-0.05, 0) is 81.6 Å². The molecule has 0 aromatic heterocycles. The van der Waals surface area contributed by atoms with Crippen LogP contribution in [0.25, 0.3) is 11.1 Å². The number of fused-ring (bicyclic) bond motifs is 9. The van der Waals surface area contributed by atoms with Crippen molar-refractivity contribution in [2.75, 3.05) is 0 Å². The van der Waals surface area contributed by atoms with E-state index in [9.17, 15) is 0 Å². The first kappa shape index (κ1) is 17.7. The molecular weight excluding hydrogens is 484 g/mol. The molecule has 29 heavy (non-hydrogen) atoms. The van der Waals surface area contributed by atoms with Gasteiger partial charge in [0.2, 0.25) is 0 Å². The van der Waals surface area contributed by atoms with Crippen LogP contribution in [0.1, 0.15) is 33.4 Å². The smallest absolute Gasteiger partial charge is 0.0620 e. The Labute approximate surface area is 187 Å². The Morgan fingerprint density at radius 1 is 0.517 bits per heavy atom. The lowest BCUT2D eigenvalue weighted by Gasteiger charge is -2.35. The minimum absolute atomic E-state index is 0.268. The van der Waals surface area contributed by atoms with Gasteiger partial charge in [-0.1, -0.05) is 92.5 Å². The minimum Gasteiger partial charge on any atom is -0.0620 e. The van der Waals surface area contributed by atoms with Gasteiger partial charge in [-0.25, -0.2) is 0 Å². The van der Waals surface area contributed by atoms with Gasteiger partial charge in [0.25, 0.3) is 0 Å². The standard InChI is InChI=1S/C27H18Br2/c28-19-11-13-25-21(15-19)22-16-20(29)12-14-26(22)27(25)23-7-3-1-5-17(23)9-10-18-6-2-4-8-24(18)27/h1-8,11-16H,9-10H2. The summed E-state index contributed by atoms with van der Waals surface area (Å²) in [6, 6.07) is 31.7. The molecule has 0 unspecified atom stereocenters. The summed E-state index contributed by atoms with van der Waals surface area (Å²) in [6.07, 6.45) is 2.15. The highest BCUT2D eigenvalue weighted by atomic mass is 79.9. The summed E-state index contributed by atoms with van der Waals surface area (Å²) in [5, 5.41) is 0. The van der Waals surface area contributed by atoms with E-state index in [0.717, 1.165) is 21.8 Å². The maximum Gasteiger partial charge on any atom is 0.0718 e.